The number of rotatable bonds is 7. The van der Waals surface area contributed by atoms with Gasteiger partial charge in [-0.2, -0.15) is 0 Å². The van der Waals surface area contributed by atoms with E-state index in [9.17, 15) is 4.79 Å². The van der Waals surface area contributed by atoms with Gasteiger partial charge >= 0.3 is 0 Å². The molecule has 0 saturated carbocycles. The van der Waals surface area contributed by atoms with E-state index in [1.807, 2.05) is 66.9 Å². The number of carbonyl (C=O) groups is 1. The number of anilines is 1. The van der Waals surface area contributed by atoms with Gasteiger partial charge in [0.1, 0.15) is 15.4 Å². The van der Waals surface area contributed by atoms with Gasteiger partial charge in [-0.3, -0.25) is 9.78 Å². The minimum absolute atomic E-state index is 0.176. The van der Waals surface area contributed by atoms with Crippen LogP contribution in [0, 0.1) is 0 Å². The zero-order valence-corrected chi connectivity index (χ0v) is 20.3. The van der Waals surface area contributed by atoms with Gasteiger partial charge in [-0.15, -0.1) is 0 Å². The van der Waals surface area contributed by atoms with Crippen molar-refractivity contribution in [3.63, 3.8) is 0 Å². The van der Waals surface area contributed by atoms with Crippen LogP contribution in [0.3, 0.4) is 0 Å². The molecule has 7 heteroatoms. The first kappa shape index (κ1) is 22.8. The highest BCUT2D eigenvalue weighted by Gasteiger charge is 2.15. The number of hydrogen-bond donors (Lipinski definition) is 2. The molecule has 0 bridgehead atoms. The van der Waals surface area contributed by atoms with Gasteiger partial charge in [0.15, 0.2) is 0 Å². The van der Waals surface area contributed by atoms with Crippen molar-refractivity contribution >= 4 is 33.3 Å². The molecule has 0 fully saturated rings. The van der Waals surface area contributed by atoms with Gasteiger partial charge in [0.2, 0.25) is 0 Å². The Balaban J connectivity index is 1.41. The summed E-state index contributed by atoms with van der Waals surface area (Å²) in [5.41, 5.74) is 6.02. The van der Waals surface area contributed by atoms with E-state index in [-0.39, 0.29) is 5.91 Å². The predicted molar refractivity (Wildman–Crippen MR) is 142 cm³/mol. The van der Waals surface area contributed by atoms with Crippen LogP contribution in [0.4, 0.5) is 5.69 Å². The number of nitrogens with one attached hydrogen (secondary N) is 2. The second-order valence-electron chi connectivity index (χ2n) is 8.54. The van der Waals surface area contributed by atoms with E-state index in [4.69, 9.17) is 4.98 Å². The molecule has 3 aromatic heterocycles. The summed E-state index contributed by atoms with van der Waals surface area (Å²) in [7, 11) is 0. The number of thiazole rings is 1. The van der Waals surface area contributed by atoms with Gasteiger partial charge in [-0.25, -0.2) is 9.97 Å². The number of pyridine rings is 2. The second-order valence-corrected chi connectivity index (χ2v) is 9.52. The van der Waals surface area contributed by atoms with Gasteiger partial charge in [-0.1, -0.05) is 55.5 Å². The molecule has 5 aromatic rings. The van der Waals surface area contributed by atoms with E-state index in [0.717, 1.165) is 44.2 Å². The van der Waals surface area contributed by atoms with Crippen LogP contribution in [-0.2, 0) is 6.54 Å². The maximum atomic E-state index is 13.2. The third kappa shape index (κ3) is 5.26. The van der Waals surface area contributed by atoms with E-state index in [1.54, 1.807) is 12.4 Å². The first-order chi connectivity index (χ1) is 17.1. The number of benzene rings is 2. The predicted octanol–water partition coefficient (Wildman–Crippen LogP) is 6.17. The van der Waals surface area contributed by atoms with Crippen LogP contribution in [0.25, 0.3) is 32.0 Å². The molecule has 2 aromatic carbocycles. The van der Waals surface area contributed by atoms with Crippen molar-refractivity contribution in [2.24, 2.45) is 0 Å². The molecule has 0 unspecified atom stereocenters. The Labute approximate surface area is 208 Å². The number of carbonyl (C=O) groups excluding carboxylic acids is 1. The lowest BCUT2D eigenvalue weighted by Crippen LogP contribution is -2.21. The van der Waals surface area contributed by atoms with Crippen LogP contribution >= 0.6 is 11.3 Å². The maximum Gasteiger partial charge on any atom is 0.255 e. The van der Waals surface area contributed by atoms with Crippen LogP contribution in [0.1, 0.15) is 29.8 Å². The number of aromatic nitrogens is 3. The summed E-state index contributed by atoms with van der Waals surface area (Å²) in [6.45, 7) is 4.98. The molecular weight excluding hydrogens is 454 g/mol. The SMILES string of the molecule is CC(C)NCc1cnc2sc(-c3ccccc3NC(=O)c3cccc(-c4cccnc4)c3)nc2c1. The van der Waals surface area contributed by atoms with Crippen molar-refractivity contribution in [3.05, 3.63) is 96.4 Å². The topological polar surface area (TPSA) is 79.8 Å². The highest BCUT2D eigenvalue weighted by atomic mass is 32.1. The lowest BCUT2D eigenvalue weighted by molar-refractivity contribution is 0.102. The quantitative estimate of drug-likeness (QED) is 0.292. The number of hydrogen-bond acceptors (Lipinski definition) is 6. The molecule has 2 N–H and O–H groups in total. The number of amides is 1. The summed E-state index contributed by atoms with van der Waals surface area (Å²) in [4.78, 5) is 27.7. The fraction of sp³-hybridized carbons (Fsp3) is 0.143. The fourth-order valence-electron chi connectivity index (χ4n) is 3.75. The van der Waals surface area contributed by atoms with Gasteiger partial charge in [0, 0.05) is 47.9 Å². The van der Waals surface area contributed by atoms with E-state index in [2.05, 4.69) is 40.5 Å². The first-order valence-corrected chi connectivity index (χ1v) is 12.3. The van der Waals surface area contributed by atoms with Crippen molar-refractivity contribution in [2.45, 2.75) is 26.4 Å². The summed E-state index contributed by atoms with van der Waals surface area (Å²) in [6, 6.07) is 21.6. The molecule has 0 saturated heterocycles. The molecule has 35 heavy (non-hydrogen) atoms. The first-order valence-electron chi connectivity index (χ1n) is 11.5. The van der Waals surface area contributed by atoms with Crippen LogP contribution in [0.2, 0.25) is 0 Å². The normalized spacial score (nSPS) is 11.2. The van der Waals surface area contributed by atoms with Gasteiger partial charge in [0.05, 0.1) is 5.69 Å². The van der Waals surface area contributed by atoms with Crippen molar-refractivity contribution in [2.75, 3.05) is 5.32 Å². The van der Waals surface area contributed by atoms with Crippen LogP contribution in [0.15, 0.2) is 85.3 Å². The Kier molecular flexibility index (Phi) is 6.61. The summed E-state index contributed by atoms with van der Waals surface area (Å²) in [6.07, 6.45) is 5.41. The molecule has 0 aliphatic carbocycles. The highest BCUT2D eigenvalue weighted by Crippen LogP contribution is 2.34. The Morgan fingerprint density at radius 2 is 1.83 bits per heavy atom. The second kappa shape index (κ2) is 10.1. The largest absolute Gasteiger partial charge is 0.321 e. The minimum atomic E-state index is -0.176. The molecule has 0 spiro atoms. The Hall–Kier alpha value is -3.94. The maximum absolute atomic E-state index is 13.2. The lowest BCUT2D eigenvalue weighted by atomic mass is 10.0. The van der Waals surface area contributed by atoms with E-state index in [1.165, 1.54) is 11.3 Å². The Morgan fingerprint density at radius 3 is 2.66 bits per heavy atom. The van der Waals surface area contributed by atoms with Crippen molar-refractivity contribution in [1.82, 2.24) is 20.3 Å². The van der Waals surface area contributed by atoms with Crippen LogP contribution < -0.4 is 10.6 Å². The highest BCUT2D eigenvalue weighted by molar-refractivity contribution is 7.21. The number of para-hydroxylation sites is 1. The van der Waals surface area contributed by atoms with Crippen molar-refractivity contribution < 1.29 is 4.79 Å². The number of fused-ring (bicyclic) bond motifs is 1. The van der Waals surface area contributed by atoms with Crippen LogP contribution in [-0.4, -0.2) is 26.9 Å². The molecule has 174 valence electrons. The molecule has 6 nitrogen and oxygen atoms in total. The zero-order chi connectivity index (χ0) is 24.2. The minimum Gasteiger partial charge on any atom is -0.321 e. The standard InChI is InChI=1S/C28H25N5OS/c1-18(2)30-15-19-13-25-28(31-16-19)35-27(33-25)23-10-3-4-11-24(23)32-26(34)21-8-5-7-20(14-21)22-9-6-12-29-17-22/h3-14,16-18,30H,15H2,1-2H3,(H,32,34). The van der Waals surface area contributed by atoms with E-state index < -0.39 is 0 Å². The van der Waals surface area contributed by atoms with Gasteiger partial charge < -0.3 is 10.6 Å². The Morgan fingerprint density at radius 1 is 0.971 bits per heavy atom. The molecular formula is C28H25N5OS. The summed E-state index contributed by atoms with van der Waals surface area (Å²) >= 11 is 1.52. The molecule has 0 aliphatic rings. The Bertz CT molecular complexity index is 1480. The average Bonchev–Trinajstić information content (AvgIpc) is 3.31. The van der Waals surface area contributed by atoms with Crippen molar-refractivity contribution in [3.8, 4) is 21.7 Å². The third-order valence-electron chi connectivity index (χ3n) is 5.54. The molecule has 3 heterocycles. The molecule has 0 radical (unpaired) electrons. The summed E-state index contributed by atoms with van der Waals surface area (Å²) in [5, 5.41) is 7.31. The summed E-state index contributed by atoms with van der Waals surface area (Å²) in [5.74, 6) is -0.176. The monoisotopic (exact) mass is 479 g/mol. The zero-order valence-electron chi connectivity index (χ0n) is 19.5. The van der Waals surface area contributed by atoms with Crippen LogP contribution in [0.5, 0.6) is 0 Å². The van der Waals surface area contributed by atoms with Crippen molar-refractivity contribution in [1.29, 1.82) is 0 Å². The lowest BCUT2D eigenvalue weighted by Gasteiger charge is -2.10. The van der Waals surface area contributed by atoms with Gasteiger partial charge in [0.25, 0.3) is 5.91 Å². The van der Waals surface area contributed by atoms with Gasteiger partial charge in [-0.05, 0) is 47.5 Å². The van der Waals surface area contributed by atoms with E-state index in [0.29, 0.717) is 17.3 Å². The summed E-state index contributed by atoms with van der Waals surface area (Å²) < 4.78 is 0. The average molecular weight is 480 g/mol. The molecule has 0 aliphatic heterocycles. The number of nitrogens with zero attached hydrogens (tertiary/aromatic N) is 3. The fourth-order valence-corrected chi connectivity index (χ4v) is 4.67. The third-order valence-corrected chi connectivity index (χ3v) is 6.56. The molecule has 5 rings (SSSR count). The van der Waals surface area contributed by atoms with E-state index >= 15 is 0 Å². The smallest absolute Gasteiger partial charge is 0.255 e. The molecule has 1 amide bonds. The molecule has 0 atom stereocenters.